The predicted octanol–water partition coefficient (Wildman–Crippen LogP) is 3.20. The maximum Gasteiger partial charge on any atom is 0.330 e. The lowest BCUT2D eigenvalue weighted by Crippen LogP contribution is -2.37. The first-order valence-electron chi connectivity index (χ1n) is 9.21. The van der Waals surface area contributed by atoms with Crippen LogP contribution in [0, 0.1) is 20.8 Å². The van der Waals surface area contributed by atoms with Crippen LogP contribution in [-0.2, 0) is 30.9 Å². The average Bonchev–Trinajstić information content (AvgIpc) is 2.65. The van der Waals surface area contributed by atoms with Gasteiger partial charge in [-0.15, -0.1) is 0 Å². The molecule has 0 amide bonds. The maximum absolute atomic E-state index is 13.0. The highest BCUT2D eigenvalue weighted by Crippen LogP contribution is 2.22. The molecule has 0 saturated heterocycles. The number of hydrogen-bond acceptors (Lipinski definition) is 5. The summed E-state index contributed by atoms with van der Waals surface area (Å²) in [6.07, 6.45) is 2.63. The van der Waals surface area contributed by atoms with Crippen LogP contribution in [0.4, 0.5) is 0 Å². The number of esters is 1. The minimum absolute atomic E-state index is 0.0611. The molecule has 0 aromatic heterocycles. The zero-order valence-corrected chi connectivity index (χ0v) is 18.0. The van der Waals surface area contributed by atoms with Gasteiger partial charge in [0.2, 0.25) is 10.0 Å². The van der Waals surface area contributed by atoms with Crippen molar-refractivity contribution >= 4 is 16.0 Å². The quantitative estimate of drug-likeness (QED) is 0.500. The van der Waals surface area contributed by atoms with Crippen molar-refractivity contribution in [1.82, 2.24) is 4.72 Å². The van der Waals surface area contributed by atoms with Gasteiger partial charge in [0.1, 0.15) is 0 Å². The largest absolute Gasteiger partial charge is 0.466 e. The molecule has 2 aromatic rings. The Morgan fingerprint density at radius 2 is 1.72 bits per heavy atom. The second kappa shape index (κ2) is 10.3. The van der Waals surface area contributed by atoms with Crippen LogP contribution in [-0.4, -0.2) is 34.1 Å². The first-order chi connectivity index (χ1) is 13.7. The third-order valence-corrected chi connectivity index (χ3v) is 6.05. The number of hydrogen-bond donors (Lipinski definition) is 1. The van der Waals surface area contributed by atoms with Gasteiger partial charge in [0.25, 0.3) is 0 Å². The number of rotatable bonds is 9. The molecule has 0 bridgehead atoms. The second-order valence-corrected chi connectivity index (χ2v) is 8.49. The summed E-state index contributed by atoms with van der Waals surface area (Å²) in [5.41, 5.74) is 3.29. The molecule has 1 atom stereocenters. The van der Waals surface area contributed by atoms with Crippen LogP contribution in [0.15, 0.2) is 59.5 Å². The molecule has 1 N–H and O–H groups in total. The van der Waals surface area contributed by atoms with Crippen molar-refractivity contribution in [1.29, 1.82) is 0 Å². The molecule has 7 heteroatoms. The number of aryl methyl sites for hydroxylation is 3. The monoisotopic (exact) mass is 417 g/mol. The summed E-state index contributed by atoms with van der Waals surface area (Å²) in [6.45, 7) is 5.84. The molecule has 156 valence electrons. The van der Waals surface area contributed by atoms with E-state index < -0.39 is 22.0 Å². The molecule has 0 aliphatic heterocycles. The average molecular weight is 418 g/mol. The fraction of sp³-hybridized carbons (Fsp3) is 0.318. The van der Waals surface area contributed by atoms with E-state index in [4.69, 9.17) is 4.74 Å². The molecule has 0 fully saturated rings. The fourth-order valence-electron chi connectivity index (χ4n) is 3.12. The van der Waals surface area contributed by atoms with Crippen LogP contribution in [0.3, 0.4) is 0 Å². The van der Waals surface area contributed by atoms with Gasteiger partial charge in [0.05, 0.1) is 31.3 Å². The van der Waals surface area contributed by atoms with Crippen LogP contribution >= 0.6 is 0 Å². The Morgan fingerprint density at radius 3 is 2.31 bits per heavy atom. The van der Waals surface area contributed by atoms with Crippen molar-refractivity contribution < 1.29 is 22.7 Å². The molecule has 0 heterocycles. The lowest BCUT2D eigenvalue weighted by Gasteiger charge is -2.18. The number of sulfonamides is 1. The van der Waals surface area contributed by atoms with Crippen molar-refractivity contribution in [3.8, 4) is 0 Å². The summed E-state index contributed by atoms with van der Waals surface area (Å²) in [5, 5.41) is 0. The molecule has 6 nitrogen and oxygen atoms in total. The second-order valence-electron chi connectivity index (χ2n) is 6.84. The number of methoxy groups -OCH3 is 1. The van der Waals surface area contributed by atoms with E-state index in [0.717, 1.165) is 11.1 Å². The Bertz CT molecular complexity index is 945. The van der Waals surface area contributed by atoms with Gasteiger partial charge in [-0.25, -0.2) is 17.9 Å². The Labute approximate surface area is 172 Å². The number of benzene rings is 2. The summed E-state index contributed by atoms with van der Waals surface area (Å²) >= 11 is 0. The molecule has 0 aliphatic carbocycles. The minimum Gasteiger partial charge on any atom is -0.466 e. The number of ether oxygens (including phenoxy) is 2. The smallest absolute Gasteiger partial charge is 0.330 e. The highest BCUT2D eigenvalue weighted by Gasteiger charge is 2.23. The van der Waals surface area contributed by atoms with Crippen LogP contribution in [0.5, 0.6) is 0 Å². The normalized spacial score (nSPS) is 12.8. The van der Waals surface area contributed by atoms with E-state index in [2.05, 4.69) is 9.46 Å². The van der Waals surface area contributed by atoms with Crippen molar-refractivity contribution in [2.24, 2.45) is 0 Å². The van der Waals surface area contributed by atoms with E-state index in [-0.39, 0.29) is 11.5 Å². The zero-order valence-electron chi connectivity index (χ0n) is 17.1. The summed E-state index contributed by atoms with van der Waals surface area (Å²) < 4.78 is 39.0. The van der Waals surface area contributed by atoms with E-state index >= 15 is 0 Å². The fourth-order valence-corrected chi connectivity index (χ4v) is 4.75. The Hall–Kier alpha value is -2.48. The van der Waals surface area contributed by atoms with Gasteiger partial charge in [0, 0.05) is 6.08 Å². The van der Waals surface area contributed by atoms with E-state index in [1.54, 1.807) is 13.8 Å². The first-order valence-corrected chi connectivity index (χ1v) is 10.7. The highest BCUT2D eigenvalue weighted by atomic mass is 32.2. The predicted molar refractivity (Wildman–Crippen MR) is 112 cm³/mol. The van der Waals surface area contributed by atoms with E-state index in [1.807, 2.05) is 49.4 Å². The molecule has 0 unspecified atom stereocenters. The number of nitrogens with one attached hydrogen (secondary N) is 1. The van der Waals surface area contributed by atoms with E-state index in [9.17, 15) is 13.2 Å². The SMILES string of the molecule is COC(=O)/C=C\[C@H](COCc1ccccc1)NS(=O)(=O)c1c(C)cc(C)cc1C. The molecule has 0 aliphatic rings. The summed E-state index contributed by atoms with van der Waals surface area (Å²) in [5.74, 6) is -0.569. The Kier molecular flexibility index (Phi) is 8.13. The Balaban J connectivity index is 2.19. The summed E-state index contributed by atoms with van der Waals surface area (Å²) in [4.78, 5) is 11.7. The van der Waals surface area contributed by atoms with Crippen molar-refractivity contribution in [2.45, 2.75) is 38.3 Å². The zero-order chi connectivity index (χ0) is 21.4. The maximum atomic E-state index is 13.0. The van der Waals surface area contributed by atoms with Crippen LogP contribution in [0.25, 0.3) is 0 Å². The van der Waals surface area contributed by atoms with E-state index in [0.29, 0.717) is 17.7 Å². The molecular formula is C22H27NO5S. The van der Waals surface area contributed by atoms with Crippen molar-refractivity contribution in [3.05, 3.63) is 76.9 Å². The van der Waals surface area contributed by atoms with Gasteiger partial charge in [-0.2, -0.15) is 0 Å². The lowest BCUT2D eigenvalue weighted by molar-refractivity contribution is -0.134. The molecule has 0 spiro atoms. The van der Waals surface area contributed by atoms with Gasteiger partial charge >= 0.3 is 5.97 Å². The first kappa shape index (κ1) is 22.8. The van der Waals surface area contributed by atoms with Crippen molar-refractivity contribution in [3.63, 3.8) is 0 Å². The molecule has 0 radical (unpaired) electrons. The van der Waals surface area contributed by atoms with Gasteiger partial charge in [-0.1, -0.05) is 54.1 Å². The lowest BCUT2D eigenvalue weighted by atomic mass is 10.1. The molecule has 0 saturated carbocycles. The molecule has 2 rings (SSSR count). The third kappa shape index (κ3) is 6.81. The van der Waals surface area contributed by atoms with Gasteiger partial charge in [-0.3, -0.25) is 0 Å². The molecule has 2 aromatic carbocycles. The summed E-state index contributed by atoms with van der Waals surface area (Å²) in [6, 6.07) is 12.5. The number of carbonyl (C=O) groups is 1. The van der Waals surface area contributed by atoms with Crippen LogP contribution in [0.2, 0.25) is 0 Å². The standard InChI is InChI=1S/C22H27NO5S/c1-16-12-17(2)22(18(3)13-16)29(25,26)23-20(10-11-21(24)27-4)15-28-14-19-8-6-5-7-9-19/h5-13,20,23H,14-15H2,1-4H3/b11-10-/t20-/m1/s1. The third-order valence-electron chi connectivity index (χ3n) is 4.25. The van der Waals surface area contributed by atoms with E-state index in [1.165, 1.54) is 19.3 Å². The van der Waals surface area contributed by atoms with Crippen LogP contribution in [0.1, 0.15) is 22.3 Å². The topological polar surface area (TPSA) is 81.7 Å². The minimum atomic E-state index is -3.82. The summed E-state index contributed by atoms with van der Waals surface area (Å²) in [7, 11) is -2.56. The van der Waals surface area contributed by atoms with Crippen LogP contribution < -0.4 is 4.72 Å². The molecular weight excluding hydrogens is 390 g/mol. The molecule has 29 heavy (non-hydrogen) atoms. The highest BCUT2D eigenvalue weighted by molar-refractivity contribution is 7.89. The van der Waals surface area contributed by atoms with Crippen molar-refractivity contribution in [2.75, 3.05) is 13.7 Å². The Morgan fingerprint density at radius 1 is 1.10 bits per heavy atom. The number of carbonyl (C=O) groups excluding carboxylic acids is 1. The van der Waals surface area contributed by atoms with Gasteiger partial charge in [0.15, 0.2) is 0 Å². The van der Waals surface area contributed by atoms with Gasteiger partial charge < -0.3 is 9.47 Å². The van der Waals surface area contributed by atoms with Gasteiger partial charge in [-0.05, 0) is 37.5 Å².